The Morgan fingerprint density at radius 3 is 2.76 bits per heavy atom. The SMILES string of the molecule is O=C(CCN1C(=O)/C(=C\c2cccc(Br)c2)SC1=S)Nc1ccccc1[N+](=O)[O-]. The molecule has 1 aliphatic rings. The number of carbonyl (C=O) groups is 2. The van der Waals surface area contributed by atoms with Gasteiger partial charge in [0, 0.05) is 23.5 Å². The number of rotatable bonds is 6. The van der Waals surface area contributed by atoms with E-state index in [1.54, 1.807) is 12.1 Å². The molecule has 0 saturated carbocycles. The fraction of sp³-hybridized carbons (Fsp3) is 0.105. The minimum absolute atomic E-state index is 0.0390. The van der Waals surface area contributed by atoms with Crippen LogP contribution >= 0.6 is 39.9 Å². The van der Waals surface area contributed by atoms with Crippen LogP contribution in [0, 0.1) is 10.1 Å². The number of amides is 2. The number of hydrogen-bond donors (Lipinski definition) is 1. The fourth-order valence-corrected chi connectivity index (χ4v) is 4.33. The van der Waals surface area contributed by atoms with Crippen LogP contribution in [0.1, 0.15) is 12.0 Å². The van der Waals surface area contributed by atoms with Crippen molar-refractivity contribution in [2.75, 3.05) is 11.9 Å². The van der Waals surface area contributed by atoms with Crippen LogP contribution in [0.2, 0.25) is 0 Å². The van der Waals surface area contributed by atoms with Gasteiger partial charge < -0.3 is 5.32 Å². The van der Waals surface area contributed by atoms with E-state index in [1.807, 2.05) is 24.3 Å². The van der Waals surface area contributed by atoms with Crippen molar-refractivity contribution in [3.63, 3.8) is 0 Å². The Hall–Kier alpha value is -2.56. The molecule has 0 unspecified atom stereocenters. The minimum atomic E-state index is -0.565. The number of thiocarbonyl (C=S) groups is 1. The highest BCUT2D eigenvalue weighted by Gasteiger charge is 2.32. The third-order valence-electron chi connectivity index (χ3n) is 3.96. The zero-order valence-corrected chi connectivity index (χ0v) is 18.1. The lowest BCUT2D eigenvalue weighted by atomic mass is 10.2. The number of halogens is 1. The van der Waals surface area contributed by atoms with Crippen LogP contribution < -0.4 is 5.32 Å². The Bertz CT molecular complexity index is 1040. The molecule has 0 bridgehead atoms. The second-order valence-electron chi connectivity index (χ2n) is 5.96. The first kappa shape index (κ1) is 21.2. The zero-order valence-electron chi connectivity index (χ0n) is 14.8. The normalized spacial score (nSPS) is 15.1. The molecule has 2 aromatic rings. The van der Waals surface area contributed by atoms with Crippen molar-refractivity contribution in [1.29, 1.82) is 0 Å². The Balaban J connectivity index is 1.64. The largest absolute Gasteiger partial charge is 0.320 e. The number of anilines is 1. The lowest BCUT2D eigenvalue weighted by Gasteiger charge is -2.14. The van der Waals surface area contributed by atoms with Crippen LogP contribution in [0.4, 0.5) is 11.4 Å². The standard InChI is InChI=1S/C19H14BrN3O4S2/c20-13-5-3-4-12(10-13)11-16-18(25)22(19(28)29-16)9-8-17(24)21-14-6-1-2-7-15(14)23(26)27/h1-7,10-11H,8-9H2,(H,21,24)/b16-11+. The molecule has 10 heteroatoms. The number of nitro benzene ring substituents is 1. The molecule has 2 amide bonds. The van der Waals surface area contributed by atoms with E-state index in [4.69, 9.17) is 12.2 Å². The highest BCUT2D eigenvalue weighted by molar-refractivity contribution is 9.10. The van der Waals surface area contributed by atoms with Gasteiger partial charge in [-0.15, -0.1) is 0 Å². The smallest absolute Gasteiger partial charge is 0.292 e. The maximum atomic E-state index is 12.6. The van der Waals surface area contributed by atoms with Crippen LogP contribution in [0.15, 0.2) is 57.9 Å². The maximum absolute atomic E-state index is 12.6. The lowest BCUT2D eigenvalue weighted by molar-refractivity contribution is -0.383. The van der Waals surface area contributed by atoms with Gasteiger partial charge >= 0.3 is 0 Å². The van der Waals surface area contributed by atoms with Gasteiger partial charge in [-0.25, -0.2) is 0 Å². The molecule has 0 aromatic heterocycles. The van der Waals surface area contributed by atoms with Gasteiger partial charge in [-0.05, 0) is 29.8 Å². The second kappa shape index (κ2) is 9.29. The van der Waals surface area contributed by atoms with E-state index in [0.717, 1.165) is 10.0 Å². The first-order valence-corrected chi connectivity index (χ1v) is 10.4. The predicted molar refractivity (Wildman–Crippen MR) is 120 cm³/mol. The minimum Gasteiger partial charge on any atom is -0.320 e. The summed E-state index contributed by atoms with van der Waals surface area (Å²) in [5.74, 6) is -0.706. The monoisotopic (exact) mass is 491 g/mol. The molecular formula is C19H14BrN3O4S2. The molecule has 1 aliphatic heterocycles. The summed E-state index contributed by atoms with van der Waals surface area (Å²) in [4.78, 5) is 37.2. The van der Waals surface area contributed by atoms with Crippen molar-refractivity contribution in [2.45, 2.75) is 6.42 Å². The van der Waals surface area contributed by atoms with Crippen molar-refractivity contribution < 1.29 is 14.5 Å². The average molecular weight is 492 g/mol. The van der Waals surface area contributed by atoms with Crippen molar-refractivity contribution in [3.8, 4) is 0 Å². The molecule has 1 fully saturated rings. The summed E-state index contributed by atoms with van der Waals surface area (Å²) in [6.45, 7) is 0.0902. The summed E-state index contributed by atoms with van der Waals surface area (Å²) in [5.41, 5.74) is 0.778. The molecule has 1 saturated heterocycles. The molecule has 0 spiro atoms. The van der Waals surface area contributed by atoms with Gasteiger partial charge in [-0.2, -0.15) is 0 Å². The van der Waals surface area contributed by atoms with Crippen molar-refractivity contribution >= 4 is 73.5 Å². The fourth-order valence-electron chi connectivity index (χ4n) is 2.61. The van der Waals surface area contributed by atoms with E-state index >= 15 is 0 Å². The number of thioether (sulfide) groups is 1. The summed E-state index contributed by atoms with van der Waals surface area (Å²) < 4.78 is 1.27. The number of nitrogens with zero attached hydrogens (tertiary/aromatic N) is 2. The summed E-state index contributed by atoms with van der Waals surface area (Å²) in [5, 5.41) is 13.6. The van der Waals surface area contributed by atoms with Crippen LogP contribution in [-0.2, 0) is 9.59 Å². The van der Waals surface area contributed by atoms with E-state index in [-0.39, 0.29) is 30.2 Å². The van der Waals surface area contributed by atoms with Gasteiger partial charge in [-0.1, -0.05) is 64.2 Å². The van der Waals surface area contributed by atoms with Crippen molar-refractivity contribution in [3.05, 3.63) is 73.6 Å². The van der Waals surface area contributed by atoms with Gasteiger partial charge in [-0.3, -0.25) is 24.6 Å². The quantitative estimate of drug-likeness (QED) is 0.275. The van der Waals surface area contributed by atoms with E-state index < -0.39 is 10.8 Å². The molecule has 1 N–H and O–H groups in total. The van der Waals surface area contributed by atoms with E-state index in [9.17, 15) is 19.7 Å². The van der Waals surface area contributed by atoms with Crippen LogP contribution in [0.25, 0.3) is 6.08 Å². The van der Waals surface area contributed by atoms with Gasteiger partial charge in [0.25, 0.3) is 11.6 Å². The Labute approximate surface area is 184 Å². The summed E-state index contributed by atoms with van der Waals surface area (Å²) >= 11 is 9.84. The van der Waals surface area contributed by atoms with Gasteiger partial charge in [0.1, 0.15) is 10.0 Å². The van der Waals surface area contributed by atoms with Crippen molar-refractivity contribution in [1.82, 2.24) is 4.90 Å². The summed E-state index contributed by atoms with van der Waals surface area (Å²) in [6.07, 6.45) is 1.71. The molecule has 148 valence electrons. The van der Waals surface area contributed by atoms with Crippen molar-refractivity contribution in [2.24, 2.45) is 0 Å². The molecule has 0 atom stereocenters. The second-order valence-corrected chi connectivity index (χ2v) is 8.55. The lowest BCUT2D eigenvalue weighted by Crippen LogP contribution is -2.31. The average Bonchev–Trinajstić information content (AvgIpc) is 2.93. The molecule has 7 nitrogen and oxygen atoms in total. The summed E-state index contributed by atoms with van der Waals surface area (Å²) in [6, 6.07) is 13.4. The number of nitro groups is 1. The highest BCUT2D eigenvalue weighted by Crippen LogP contribution is 2.33. The first-order valence-electron chi connectivity index (χ1n) is 8.39. The molecule has 0 aliphatic carbocycles. The molecule has 3 rings (SSSR count). The number of hydrogen-bond acceptors (Lipinski definition) is 6. The maximum Gasteiger partial charge on any atom is 0.292 e. The van der Waals surface area contributed by atoms with Gasteiger partial charge in [0.2, 0.25) is 5.91 Å². The third-order valence-corrected chi connectivity index (χ3v) is 5.83. The molecule has 2 aromatic carbocycles. The van der Waals surface area contributed by atoms with Crippen LogP contribution in [0.5, 0.6) is 0 Å². The molecular weight excluding hydrogens is 478 g/mol. The summed E-state index contributed by atoms with van der Waals surface area (Å²) in [7, 11) is 0. The highest BCUT2D eigenvalue weighted by atomic mass is 79.9. The predicted octanol–water partition coefficient (Wildman–Crippen LogP) is 4.59. The number of para-hydroxylation sites is 2. The molecule has 1 heterocycles. The van der Waals surface area contributed by atoms with Crippen LogP contribution in [0.3, 0.4) is 0 Å². The third kappa shape index (κ3) is 5.28. The van der Waals surface area contributed by atoms with Crippen LogP contribution in [-0.4, -0.2) is 32.5 Å². The Morgan fingerprint density at radius 1 is 1.28 bits per heavy atom. The first-order chi connectivity index (χ1) is 13.8. The van der Waals surface area contributed by atoms with E-state index in [1.165, 1.54) is 34.9 Å². The number of benzene rings is 2. The molecule has 29 heavy (non-hydrogen) atoms. The zero-order chi connectivity index (χ0) is 21.0. The number of carbonyl (C=O) groups excluding carboxylic acids is 2. The number of nitrogens with one attached hydrogen (secondary N) is 1. The topological polar surface area (TPSA) is 92.6 Å². The van der Waals surface area contributed by atoms with Gasteiger partial charge in [0.05, 0.1) is 9.83 Å². The Morgan fingerprint density at radius 2 is 2.03 bits per heavy atom. The van der Waals surface area contributed by atoms with Gasteiger partial charge in [0.15, 0.2) is 0 Å². The van der Waals surface area contributed by atoms with E-state index in [0.29, 0.717) is 9.23 Å². The Kier molecular flexibility index (Phi) is 6.78. The van der Waals surface area contributed by atoms with E-state index in [2.05, 4.69) is 21.2 Å². The molecule has 0 radical (unpaired) electrons.